The quantitative estimate of drug-likeness (QED) is 0.136. The van der Waals surface area contributed by atoms with Crippen molar-refractivity contribution in [3.8, 4) is 17.2 Å². The van der Waals surface area contributed by atoms with Crippen molar-refractivity contribution in [2.24, 2.45) is 0 Å². The molecule has 6 nitrogen and oxygen atoms in total. The third kappa shape index (κ3) is 6.19. The first-order valence-electron chi connectivity index (χ1n) is 11.9. The Balaban J connectivity index is 2.53. The Hall–Kier alpha value is -2.41. The second kappa shape index (κ2) is 13.4. The first kappa shape index (κ1) is 29.2. The predicted octanol–water partition coefficient (Wildman–Crippen LogP) is 5.74. The number of ether oxygens (including phenoxy) is 6. The number of benzene rings is 3. The molecule has 0 aromatic heterocycles. The molecule has 200 valence electrons. The SMILES string of the molecule is COCOc1ccccc1P(Br)(CC=C(C)C)(c1ccccc1OCOC)c1ccccc1OCOC. The molecule has 0 bridgehead atoms. The van der Waals surface area contributed by atoms with Gasteiger partial charge in [0.15, 0.2) is 0 Å². The van der Waals surface area contributed by atoms with Crippen LogP contribution in [0.5, 0.6) is 17.2 Å². The molecule has 0 radical (unpaired) electrons. The summed E-state index contributed by atoms with van der Waals surface area (Å²) in [4.78, 5) is 0. The van der Waals surface area contributed by atoms with Gasteiger partial charge in [0.05, 0.1) is 0 Å². The minimum absolute atomic E-state index is 0.114. The fourth-order valence-electron chi connectivity index (χ4n) is 4.30. The standard InChI is InChI=1S/C29H36BrO6P/c1-23(2)18-19-37(30,27-15-9-6-12-24(27)34-20-31-3,28-16-10-7-13-25(28)35-21-32-4)29-17-11-8-14-26(29)36-22-33-5/h6-18H,19-22H2,1-5H3. The summed E-state index contributed by atoms with van der Waals surface area (Å²) in [6, 6.07) is 24.2. The summed E-state index contributed by atoms with van der Waals surface area (Å²) in [5.41, 5.74) is 1.19. The molecule has 0 N–H and O–H groups in total. The molecule has 37 heavy (non-hydrogen) atoms. The van der Waals surface area contributed by atoms with Gasteiger partial charge in [-0.25, -0.2) is 0 Å². The summed E-state index contributed by atoms with van der Waals surface area (Å²) >= 11 is 4.50. The van der Waals surface area contributed by atoms with Crippen molar-refractivity contribution in [1.29, 1.82) is 0 Å². The van der Waals surface area contributed by atoms with Crippen molar-refractivity contribution in [2.45, 2.75) is 13.8 Å². The van der Waals surface area contributed by atoms with Gasteiger partial charge in [-0.05, 0) is 0 Å². The molecule has 0 aliphatic heterocycles. The van der Waals surface area contributed by atoms with Gasteiger partial charge in [0.2, 0.25) is 0 Å². The molecule has 0 aliphatic carbocycles. The summed E-state index contributed by atoms with van der Waals surface area (Å²) in [6.07, 6.45) is 2.89. The summed E-state index contributed by atoms with van der Waals surface area (Å²) in [5, 5.41) is -0.636. The predicted molar refractivity (Wildman–Crippen MR) is 156 cm³/mol. The van der Waals surface area contributed by atoms with Crippen LogP contribution in [-0.4, -0.2) is 47.9 Å². The fraction of sp³-hybridized carbons (Fsp3) is 0.310. The molecule has 3 aromatic carbocycles. The van der Waals surface area contributed by atoms with Crippen LogP contribution in [0.2, 0.25) is 0 Å². The van der Waals surface area contributed by atoms with Gasteiger partial charge in [-0.1, -0.05) is 0 Å². The second-order valence-electron chi connectivity index (χ2n) is 8.70. The third-order valence-electron chi connectivity index (χ3n) is 5.94. The third-order valence-corrected chi connectivity index (χ3v) is 15.2. The van der Waals surface area contributed by atoms with Gasteiger partial charge >= 0.3 is 229 Å². The number of methoxy groups -OCH3 is 3. The molecule has 8 heteroatoms. The van der Waals surface area contributed by atoms with E-state index < -0.39 is 5.31 Å². The molecule has 0 amide bonds. The van der Waals surface area contributed by atoms with E-state index in [9.17, 15) is 0 Å². The Kier molecular flexibility index (Phi) is 10.6. The summed E-state index contributed by atoms with van der Waals surface area (Å²) in [5.74, 6) is 2.14. The second-order valence-corrected chi connectivity index (χ2v) is 17.6. The number of hydrogen-bond donors (Lipinski definition) is 0. The van der Waals surface area contributed by atoms with E-state index in [1.807, 2.05) is 54.6 Å². The van der Waals surface area contributed by atoms with Gasteiger partial charge in [-0.15, -0.1) is 0 Å². The van der Waals surface area contributed by atoms with Crippen molar-refractivity contribution >= 4 is 36.7 Å². The van der Waals surface area contributed by atoms with E-state index in [4.69, 9.17) is 28.4 Å². The minimum atomic E-state index is -3.61. The van der Waals surface area contributed by atoms with Crippen LogP contribution in [0.3, 0.4) is 0 Å². The molecule has 0 unspecified atom stereocenters. The fourth-order valence-corrected chi connectivity index (χ4v) is 12.4. The number of hydrogen-bond acceptors (Lipinski definition) is 6. The Morgan fingerprint density at radius 3 is 1.24 bits per heavy atom. The average molecular weight is 591 g/mol. The maximum atomic E-state index is 6.18. The van der Waals surface area contributed by atoms with Gasteiger partial charge in [0.1, 0.15) is 0 Å². The average Bonchev–Trinajstić information content (AvgIpc) is 2.93. The molecule has 0 fully saturated rings. The van der Waals surface area contributed by atoms with E-state index in [1.165, 1.54) is 5.57 Å². The van der Waals surface area contributed by atoms with E-state index in [0.29, 0.717) is 23.4 Å². The Bertz CT molecular complexity index is 1070. The van der Waals surface area contributed by atoms with Crippen molar-refractivity contribution in [1.82, 2.24) is 0 Å². The van der Waals surface area contributed by atoms with E-state index in [0.717, 1.165) is 15.9 Å². The molecule has 3 aromatic rings. The number of rotatable bonds is 14. The van der Waals surface area contributed by atoms with Crippen LogP contribution < -0.4 is 30.1 Å². The van der Waals surface area contributed by atoms with Crippen LogP contribution in [0.1, 0.15) is 13.8 Å². The first-order chi connectivity index (χ1) is 17.9. The Labute approximate surface area is 228 Å². The molecule has 0 saturated heterocycles. The van der Waals surface area contributed by atoms with Gasteiger partial charge in [0.25, 0.3) is 0 Å². The number of allylic oxidation sites excluding steroid dienone is 2. The van der Waals surface area contributed by atoms with Gasteiger partial charge in [-0.3, -0.25) is 0 Å². The molecular formula is C29H36BrO6P. The van der Waals surface area contributed by atoms with Gasteiger partial charge < -0.3 is 0 Å². The summed E-state index contributed by atoms with van der Waals surface area (Å²) in [6.45, 7) is 4.54. The van der Waals surface area contributed by atoms with Crippen LogP contribution in [0.25, 0.3) is 0 Å². The number of para-hydroxylation sites is 3. The number of halogens is 1. The molecule has 0 spiro atoms. The van der Waals surface area contributed by atoms with Crippen LogP contribution in [0.4, 0.5) is 0 Å². The molecular weight excluding hydrogens is 555 g/mol. The van der Waals surface area contributed by atoms with Gasteiger partial charge in [0, 0.05) is 0 Å². The van der Waals surface area contributed by atoms with E-state index >= 15 is 0 Å². The molecule has 0 atom stereocenters. The van der Waals surface area contributed by atoms with E-state index in [-0.39, 0.29) is 20.4 Å². The molecule has 0 aliphatic rings. The first-order valence-corrected chi connectivity index (χ1v) is 16.3. The zero-order valence-electron chi connectivity index (χ0n) is 22.1. The summed E-state index contributed by atoms with van der Waals surface area (Å²) in [7, 11) is 4.84. The van der Waals surface area contributed by atoms with E-state index in [2.05, 4.69) is 53.6 Å². The monoisotopic (exact) mass is 590 g/mol. The zero-order valence-corrected chi connectivity index (χ0v) is 24.6. The molecule has 0 heterocycles. The van der Waals surface area contributed by atoms with Crippen LogP contribution in [0, 0.1) is 0 Å². The van der Waals surface area contributed by atoms with Crippen molar-refractivity contribution in [3.63, 3.8) is 0 Å². The zero-order chi connectivity index (χ0) is 26.8. The van der Waals surface area contributed by atoms with Crippen molar-refractivity contribution in [2.75, 3.05) is 47.9 Å². The van der Waals surface area contributed by atoms with Crippen LogP contribution in [-0.2, 0) is 14.2 Å². The van der Waals surface area contributed by atoms with Gasteiger partial charge in [-0.2, -0.15) is 0 Å². The van der Waals surface area contributed by atoms with Crippen molar-refractivity contribution in [3.05, 3.63) is 84.4 Å². The molecule has 3 rings (SSSR count). The van der Waals surface area contributed by atoms with Crippen molar-refractivity contribution < 1.29 is 28.4 Å². The Morgan fingerprint density at radius 1 is 0.622 bits per heavy atom. The van der Waals surface area contributed by atoms with Crippen LogP contribution in [0.15, 0.2) is 84.4 Å². The Morgan fingerprint density at radius 2 is 0.946 bits per heavy atom. The summed E-state index contributed by atoms with van der Waals surface area (Å²) < 4.78 is 34.4. The molecule has 0 saturated carbocycles. The maximum absolute atomic E-state index is 6.18. The topological polar surface area (TPSA) is 55.4 Å². The normalized spacial score (nSPS) is 12.3. The van der Waals surface area contributed by atoms with Crippen LogP contribution >= 0.6 is 20.8 Å². The van der Waals surface area contributed by atoms with E-state index in [1.54, 1.807) is 21.3 Å².